The summed E-state index contributed by atoms with van der Waals surface area (Å²) in [7, 11) is 1.67. The maximum Gasteiger partial charge on any atom is 0.255 e. The molecule has 0 atom stereocenters. The van der Waals surface area contributed by atoms with Gasteiger partial charge in [0.1, 0.15) is 5.15 Å². The Hall–Kier alpha value is -1.17. The molecule has 1 saturated heterocycles. The molecule has 1 amide bonds. The van der Waals surface area contributed by atoms with Gasteiger partial charge in [-0.2, -0.15) is 0 Å². The number of rotatable bonds is 3. The van der Waals surface area contributed by atoms with Crippen LogP contribution in [0.15, 0.2) is 18.3 Å². The molecule has 6 heteroatoms. The molecule has 1 N–H and O–H groups in total. The Morgan fingerprint density at radius 1 is 1.53 bits per heavy atom. The Kier molecular flexibility index (Phi) is 4.39. The van der Waals surface area contributed by atoms with Crippen molar-refractivity contribution < 1.29 is 14.6 Å². The van der Waals surface area contributed by atoms with Gasteiger partial charge in [0.25, 0.3) is 5.91 Å². The molecule has 1 aliphatic rings. The first-order chi connectivity index (χ1) is 9.00. The third-order valence-electron chi connectivity index (χ3n) is 3.28. The zero-order chi connectivity index (χ0) is 13.9. The minimum atomic E-state index is -0.859. The molecule has 0 bridgehead atoms. The molecule has 2 rings (SSSR count). The van der Waals surface area contributed by atoms with Crippen molar-refractivity contribution in [1.29, 1.82) is 0 Å². The Morgan fingerprint density at radius 2 is 2.21 bits per heavy atom. The summed E-state index contributed by atoms with van der Waals surface area (Å²) in [5, 5.41) is 10.7. The van der Waals surface area contributed by atoms with Crippen molar-refractivity contribution in [2.75, 3.05) is 26.8 Å². The second kappa shape index (κ2) is 5.86. The van der Waals surface area contributed by atoms with Crippen molar-refractivity contribution >= 4 is 17.5 Å². The molecular weight excluding hydrogens is 268 g/mol. The molecule has 0 unspecified atom stereocenters. The summed E-state index contributed by atoms with van der Waals surface area (Å²) in [4.78, 5) is 17.6. The average Bonchev–Trinajstić information content (AvgIpc) is 2.39. The molecule has 0 radical (unpaired) electrons. The molecular formula is C13H17ClN2O3. The third kappa shape index (κ3) is 3.65. The van der Waals surface area contributed by atoms with Crippen LogP contribution in [-0.2, 0) is 4.74 Å². The number of likely N-dealkylation sites (N-methyl/N-ethyl adjacent to an activating group) is 1. The molecule has 2 heterocycles. The van der Waals surface area contributed by atoms with Crippen molar-refractivity contribution in [1.82, 2.24) is 9.88 Å². The first-order valence-corrected chi connectivity index (χ1v) is 6.55. The number of aliphatic hydroxyl groups is 1. The van der Waals surface area contributed by atoms with Gasteiger partial charge < -0.3 is 14.7 Å². The Balaban J connectivity index is 2.00. The lowest BCUT2D eigenvalue weighted by atomic mass is 9.94. The fraction of sp³-hybridized carbons (Fsp3) is 0.538. The van der Waals surface area contributed by atoms with Crippen molar-refractivity contribution in [3.8, 4) is 0 Å². The Labute approximate surface area is 117 Å². The maximum absolute atomic E-state index is 12.2. The van der Waals surface area contributed by atoms with E-state index < -0.39 is 5.60 Å². The summed E-state index contributed by atoms with van der Waals surface area (Å²) in [6, 6.07) is 3.20. The summed E-state index contributed by atoms with van der Waals surface area (Å²) in [6.45, 7) is 1.35. The largest absolute Gasteiger partial charge is 0.388 e. The lowest BCUT2D eigenvalue weighted by Crippen LogP contribution is -2.47. The van der Waals surface area contributed by atoms with Gasteiger partial charge in [0.05, 0.1) is 11.2 Å². The van der Waals surface area contributed by atoms with Crippen molar-refractivity contribution in [3.63, 3.8) is 0 Å². The molecule has 0 saturated carbocycles. The zero-order valence-corrected chi connectivity index (χ0v) is 11.6. The summed E-state index contributed by atoms with van der Waals surface area (Å²) < 4.78 is 5.22. The van der Waals surface area contributed by atoms with Gasteiger partial charge in [-0.15, -0.1) is 0 Å². The highest BCUT2D eigenvalue weighted by molar-refractivity contribution is 6.29. The second-order valence-electron chi connectivity index (χ2n) is 4.87. The van der Waals surface area contributed by atoms with E-state index in [9.17, 15) is 9.90 Å². The van der Waals surface area contributed by atoms with E-state index in [1.165, 1.54) is 11.1 Å². The first kappa shape index (κ1) is 14.2. The Bertz CT molecular complexity index is 444. The van der Waals surface area contributed by atoms with Crippen LogP contribution in [0.5, 0.6) is 0 Å². The molecule has 1 aromatic rings. The van der Waals surface area contributed by atoms with Gasteiger partial charge in [-0.3, -0.25) is 4.79 Å². The van der Waals surface area contributed by atoms with Crippen LogP contribution in [0.1, 0.15) is 23.2 Å². The number of ether oxygens (including phenoxy) is 1. The topological polar surface area (TPSA) is 62.7 Å². The molecule has 0 aromatic carbocycles. The predicted octanol–water partition coefficient (Wildman–Crippen LogP) is 1.35. The smallest absolute Gasteiger partial charge is 0.255 e. The quantitative estimate of drug-likeness (QED) is 0.851. The van der Waals surface area contributed by atoms with Crippen molar-refractivity contribution in [2.24, 2.45) is 0 Å². The summed E-state index contributed by atoms with van der Waals surface area (Å²) in [5.41, 5.74) is -0.398. The number of nitrogens with zero attached hydrogens (tertiary/aromatic N) is 2. The van der Waals surface area contributed by atoms with Gasteiger partial charge in [-0.25, -0.2) is 4.98 Å². The molecule has 104 valence electrons. The number of hydrogen-bond donors (Lipinski definition) is 1. The Morgan fingerprint density at radius 3 is 2.79 bits per heavy atom. The minimum absolute atomic E-state index is 0.177. The lowest BCUT2D eigenvalue weighted by Gasteiger charge is -2.35. The normalized spacial score (nSPS) is 18.1. The predicted molar refractivity (Wildman–Crippen MR) is 71.2 cm³/mol. The summed E-state index contributed by atoms with van der Waals surface area (Å²) in [6.07, 6.45) is 2.53. The molecule has 1 aliphatic heterocycles. The minimum Gasteiger partial charge on any atom is -0.388 e. The highest BCUT2D eigenvalue weighted by Crippen LogP contribution is 2.22. The molecule has 0 aliphatic carbocycles. The van der Waals surface area contributed by atoms with Crippen LogP contribution in [0.2, 0.25) is 5.15 Å². The van der Waals surface area contributed by atoms with Gasteiger partial charge in [-0.1, -0.05) is 11.6 Å². The summed E-state index contributed by atoms with van der Waals surface area (Å²) in [5.74, 6) is -0.177. The van der Waals surface area contributed by atoms with E-state index >= 15 is 0 Å². The third-order valence-corrected chi connectivity index (χ3v) is 3.50. The van der Waals surface area contributed by atoms with Crippen LogP contribution in [0.25, 0.3) is 0 Å². The van der Waals surface area contributed by atoms with Gasteiger partial charge in [0, 0.05) is 45.8 Å². The van der Waals surface area contributed by atoms with E-state index in [1.54, 1.807) is 19.2 Å². The molecule has 1 aromatic heterocycles. The molecule has 1 fully saturated rings. The van der Waals surface area contributed by atoms with Crippen LogP contribution < -0.4 is 0 Å². The standard InChI is InChI=1S/C13H17ClN2O3/c1-16(9-13(18)4-6-19-7-5-13)12(17)10-2-3-11(14)15-8-10/h2-3,8,18H,4-7,9H2,1H3. The lowest BCUT2D eigenvalue weighted by molar-refractivity contribution is -0.0734. The van der Waals surface area contributed by atoms with E-state index in [0.29, 0.717) is 36.8 Å². The van der Waals surface area contributed by atoms with E-state index in [1.807, 2.05) is 0 Å². The van der Waals surface area contributed by atoms with E-state index in [-0.39, 0.29) is 12.5 Å². The number of halogens is 1. The highest BCUT2D eigenvalue weighted by atomic mass is 35.5. The average molecular weight is 285 g/mol. The number of pyridine rings is 1. The number of carbonyl (C=O) groups is 1. The fourth-order valence-electron chi connectivity index (χ4n) is 2.15. The van der Waals surface area contributed by atoms with Gasteiger partial charge in [0.15, 0.2) is 0 Å². The first-order valence-electron chi connectivity index (χ1n) is 6.17. The van der Waals surface area contributed by atoms with E-state index in [4.69, 9.17) is 16.3 Å². The van der Waals surface area contributed by atoms with Gasteiger partial charge >= 0.3 is 0 Å². The van der Waals surface area contributed by atoms with Crippen molar-refractivity contribution in [2.45, 2.75) is 18.4 Å². The van der Waals surface area contributed by atoms with Gasteiger partial charge in [0.2, 0.25) is 0 Å². The second-order valence-corrected chi connectivity index (χ2v) is 5.25. The van der Waals surface area contributed by atoms with Crippen molar-refractivity contribution in [3.05, 3.63) is 29.0 Å². The molecule has 0 spiro atoms. The number of hydrogen-bond acceptors (Lipinski definition) is 4. The number of carbonyl (C=O) groups excluding carboxylic acids is 1. The van der Waals surface area contributed by atoms with Gasteiger partial charge in [-0.05, 0) is 12.1 Å². The highest BCUT2D eigenvalue weighted by Gasteiger charge is 2.32. The van der Waals surface area contributed by atoms with E-state index in [0.717, 1.165) is 0 Å². The summed E-state index contributed by atoms with van der Waals surface area (Å²) >= 11 is 5.68. The van der Waals surface area contributed by atoms with E-state index in [2.05, 4.69) is 4.98 Å². The van der Waals surface area contributed by atoms with Crippen LogP contribution in [0.3, 0.4) is 0 Å². The zero-order valence-electron chi connectivity index (χ0n) is 10.8. The fourth-order valence-corrected chi connectivity index (χ4v) is 2.26. The van der Waals surface area contributed by atoms with Crippen LogP contribution in [0, 0.1) is 0 Å². The number of aromatic nitrogens is 1. The monoisotopic (exact) mass is 284 g/mol. The maximum atomic E-state index is 12.2. The van der Waals surface area contributed by atoms with Crippen LogP contribution in [0.4, 0.5) is 0 Å². The SMILES string of the molecule is CN(CC1(O)CCOCC1)C(=O)c1ccc(Cl)nc1. The molecule has 5 nitrogen and oxygen atoms in total. The van der Waals surface area contributed by atoms with Crippen LogP contribution >= 0.6 is 11.6 Å². The molecule has 19 heavy (non-hydrogen) atoms. The van der Waals surface area contributed by atoms with Crippen LogP contribution in [-0.4, -0.2) is 53.3 Å². The number of amides is 1.